The molecule has 2 heterocycles. The molecule has 0 aliphatic heterocycles. The summed E-state index contributed by atoms with van der Waals surface area (Å²) in [5.74, 6) is 0. The lowest BCUT2D eigenvalue weighted by atomic mass is 10.1. The largest absolute Gasteiger partial charge is 0.336 e. The summed E-state index contributed by atoms with van der Waals surface area (Å²) in [5, 5.41) is 1.78. The van der Waals surface area contributed by atoms with Crippen molar-refractivity contribution in [1.29, 1.82) is 0 Å². The maximum Gasteiger partial charge on any atom is 0.0991 e. The minimum atomic E-state index is 0.384. The Balaban J connectivity index is 1.46. The zero-order chi connectivity index (χ0) is 20.1. The quantitative estimate of drug-likeness (QED) is 0.306. The second-order valence-electron chi connectivity index (χ2n) is 6.74. The minimum Gasteiger partial charge on any atom is -0.336 e. The fraction of sp³-hybridized carbons (Fsp3) is 0.182. The van der Waals surface area contributed by atoms with Gasteiger partial charge in [0.1, 0.15) is 0 Å². The summed E-state index contributed by atoms with van der Waals surface area (Å²) in [5.41, 5.74) is 2.23. The van der Waals surface area contributed by atoms with Gasteiger partial charge in [0, 0.05) is 57.2 Å². The van der Waals surface area contributed by atoms with E-state index in [0.29, 0.717) is 10.3 Å². The Morgan fingerprint density at radius 3 is 2.41 bits per heavy atom. The van der Waals surface area contributed by atoms with Crippen molar-refractivity contribution in [1.82, 2.24) is 19.1 Å². The average molecular weight is 443 g/mol. The first-order valence-electron chi connectivity index (χ1n) is 9.32. The Morgan fingerprint density at radius 1 is 0.931 bits per heavy atom. The molecular weight excluding hydrogens is 423 g/mol. The third-order valence-electron chi connectivity index (χ3n) is 4.67. The molecule has 29 heavy (non-hydrogen) atoms. The van der Waals surface area contributed by atoms with E-state index in [0.717, 1.165) is 35.7 Å². The van der Waals surface area contributed by atoms with Crippen molar-refractivity contribution in [3.8, 4) is 5.69 Å². The highest BCUT2D eigenvalue weighted by atomic mass is 35.5. The number of aromatic nitrogens is 4. The van der Waals surface area contributed by atoms with Crippen LogP contribution >= 0.6 is 35.0 Å². The zero-order valence-electron chi connectivity index (χ0n) is 15.7. The molecule has 0 fully saturated rings. The molecule has 0 saturated heterocycles. The first-order chi connectivity index (χ1) is 14.2. The van der Waals surface area contributed by atoms with Gasteiger partial charge in [0.15, 0.2) is 0 Å². The molecule has 4 rings (SSSR count). The van der Waals surface area contributed by atoms with Gasteiger partial charge in [-0.15, -0.1) is 11.8 Å². The number of hydrogen-bond acceptors (Lipinski definition) is 3. The van der Waals surface area contributed by atoms with E-state index in [1.165, 1.54) is 4.90 Å². The highest BCUT2D eigenvalue weighted by Gasteiger charge is 2.13. The van der Waals surface area contributed by atoms with E-state index in [-0.39, 0.29) is 0 Å². The molecule has 0 aliphatic carbocycles. The van der Waals surface area contributed by atoms with E-state index in [2.05, 4.69) is 38.8 Å². The number of imidazole rings is 2. The number of halogens is 2. The second kappa shape index (κ2) is 9.53. The highest BCUT2D eigenvalue weighted by Crippen LogP contribution is 2.30. The number of thioether (sulfide) groups is 1. The first-order valence-corrected chi connectivity index (χ1v) is 11.0. The molecule has 0 radical (unpaired) electrons. The van der Waals surface area contributed by atoms with Crippen LogP contribution in [0.1, 0.15) is 12.0 Å². The fourth-order valence-electron chi connectivity index (χ4n) is 3.16. The van der Waals surface area contributed by atoms with Gasteiger partial charge in [-0.3, -0.25) is 0 Å². The van der Waals surface area contributed by atoms with Crippen molar-refractivity contribution in [2.24, 2.45) is 0 Å². The van der Waals surface area contributed by atoms with E-state index in [1.54, 1.807) is 12.5 Å². The molecule has 2 aromatic heterocycles. The van der Waals surface area contributed by atoms with E-state index >= 15 is 0 Å². The molecule has 0 saturated carbocycles. The van der Waals surface area contributed by atoms with Gasteiger partial charge < -0.3 is 9.13 Å². The van der Waals surface area contributed by atoms with E-state index in [4.69, 9.17) is 23.2 Å². The number of rotatable bonds is 8. The molecule has 0 bridgehead atoms. The van der Waals surface area contributed by atoms with Gasteiger partial charge in [-0.25, -0.2) is 9.97 Å². The summed E-state index contributed by atoms with van der Waals surface area (Å²) in [4.78, 5) is 9.52. The Bertz CT molecular complexity index is 1030. The number of nitrogens with zero attached hydrogens (tertiary/aromatic N) is 4. The van der Waals surface area contributed by atoms with E-state index < -0.39 is 0 Å². The summed E-state index contributed by atoms with van der Waals surface area (Å²) in [7, 11) is 0. The molecule has 0 spiro atoms. The predicted molar refractivity (Wildman–Crippen MR) is 120 cm³/mol. The lowest BCUT2D eigenvalue weighted by molar-refractivity contribution is 0.624. The van der Waals surface area contributed by atoms with Crippen molar-refractivity contribution in [3.63, 3.8) is 0 Å². The van der Waals surface area contributed by atoms with Crippen molar-refractivity contribution in [2.75, 3.05) is 0 Å². The lowest BCUT2D eigenvalue weighted by Gasteiger charge is -2.18. The van der Waals surface area contributed by atoms with Crippen LogP contribution in [0.5, 0.6) is 0 Å². The fourth-order valence-corrected chi connectivity index (χ4v) is 4.82. The third kappa shape index (κ3) is 5.44. The Kier molecular flexibility index (Phi) is 6.60. The minimum absolute atomic E-state index is 0.384. The highest BCUT2D eigenvalue weighted by molar-refractivity contribution is 8.00. The normalized spacial score (nSPS) is 12.2. The topological polar surface area (TPSA) is 35.6 Å². The standard InChI is InChI=1S/C22H20Cl2N4S/c23-18-3-1-17(22(24)13-18)2-6-21(14-27-11-9-25-15-27)29-20-7-4-19(5-8-20)28-12-10-26-16-28/h1,3-5,7-13,15-16,21H,2,6,14H2. The molecule has 1 unspecified atom stereocenters. The van der Waals surface area contributed by atoms with Gasteiger partial charge in [-0.05, 0) is 54.8 Å². The average Bonchev–Trinajstić information content (AvgIpc) is 3.42. The van der Waals surface area contributed by atoms with Gasteiger partial charge in [-0.1, -0.05) is 29.3 Å². The summed E-state index contributed by atoms with van der Waals surface area (Å²) in [6, 6.07) is 14.3. The molecule has 0 aliphatic rings. The smallest absolute Gasteiger partial charge is 0.0991 e. The monoisotopic (exact) mass is 442 g/mol. The zero-order valence-corrected chi connectivity index (χ0v) is 18.0. The second-order valence-corrected chi connectivity index (χ2v) is 8.96. The van der Waals surface area contributed by atoms with Crippen LogP contribution in [0.25, 0.3) is 5.69 Å². The Labute approximate surface area is 184 Å². The van der Waals surface area contributed by atoms with Crippen molar-refractivity contribution >= 4 is 35.0 Å². The Morgan fingerprint density at radius 2 is 1.72 bits per heavy atom. The van der Waals surface area contributed by atoms with Crippen LogP contribution in [0, 0.1) is 0 Å². The first kappa shape index (κ1) is 20.1. The molecule has 0 amide bonds. The third-order valence-corrected chi connectivity index (χ3v) is 6.52. The number of hydrogen-bond donors (Lipinski definition) is 0. The molecule has 2 aromatic carbocycles. The van der Waals surface area contributed by atoms with Crippen molar-refractivity contribution in [3.05, 3.63) is 95.5 Å². The van der Waals surface area contributed by atoms with Gasteiger partial charge >= 0.3 is 0 Å². The predicted octanol–water partition coefficient (Wildman–Crippen LogP) is 6.17. The maximum atomic E-state index is 6.37. The molecule has 7 heteroatoms. The number of aryl methyl sites for hydroxylation is 1. The molecule has 4 nitrogen and oxygen atoms in total. The van der Waals surface area contributed by atoms with Crippen LogP contribution in [-0.4, -0.2) is 24.4 Å². The van der Waals surface area contributed by atoms with E-state index in [9.17, 15) is 0 Å². The van der Waals surface area contributed by atoms with Crippen LogP contribution in [0.2, 0.25) is 10.0 Å². The number of benzene rings is 2. The van der Waals surface area contributed by atoms with Crippen LogP contribution in [0.4, 0.5) is 0 Å². The Hall–Kier alpha value is -2.21. The van der Waals surface area contributed by atoms with Crippen molar-refractivity contribution < 1.29 is 0 Å². The summed E-state index contributed by atoms with van der Waals surface area (Å²) < 4.78 is 4.13. The van der Waals surface area contributed by atoms with Gasteiger partial charge in [0.25, 0.3) is 0 Å². The van der Waals surface area contributed by atoms with Gasteiger partial charge in [0.2, 0.25) is 0 Å². The lowest BCUT2D eigenvalue weighted by Crippen LogP contribution is -2.13. The SMILES string of the molecule is Clc1ccc(CCC(Cn2ccnc2)Sc2ccc(-n3ccnc3)cc2)c(Cl)c1. The summed E-state index contributed by atoms with van der Waals surface area (Å²) >= 11 is 14.3. The van der Waals surface area contributed by atoms with Crippen LogP contribution in [-0.2, 0) is 13.0 Å². The van der Waals surface area contributed by atoms with E-state index in [1.807, 2.05) is 59.4 Å². The van der Waals surface area contributed by atoms with Gasteiger partial charge in [0.05, 0.1) is 12.7 Å². The molecular formula is C22H20Cl2N4S. The maximum absolute atomic E-state index is 6.37. The summed E-state index contributed by atoms with van der Waals surface area (Å²) in [6.45, 7) is 0.888. The van der Waals surface area contributed by atoms with Crippen LogP contribution in [0.3, 0.4) is 0 Å². The van der Waals surface area contributed by atoms with Crippen LogP contribution < -0.4 is 0 Å². The van der Waals surface area contributed by atoms with Crippen molar-refractivity contribution in [2.45, 2.75) is 29.5 Å². The molecule has 1 atom stereocenters. The molecule has 148 valence electrons. The summed E-state index contributed by atoms with van der Waals surface area (Å²) in [6.07, 6.45) is 13.1. The molecule has 0 N–H and O–H groups in total. The molecule has 4 aromatic rings. The van der Waals surface area contributed by atoms with Crippen LogP contribution in [0.15, 0.2) is 84.8 Å². The van der Waals surface area contributed by atoms with Gasteiger partial charge in [-0.2, -0.15) is 0 Å².